The largest absolute Gasteiger partial charge is 0.295 e. The molecule has 0 amide bonds. The van der Waals surface area contributed by atoms with Gasteiger partial charge in [-0.05, 0) is 29.8 Å². The van der Waals surface area contributed by atoms with Crippen molar-refractivity contribution < 1.29 is 0 Å². The van der Waals surface area contributed by atoms with Crippen LogP contribution in [0.5, 0.6) is 0 Å². The molecular formula is C11H13ClN2. The van der Waals surface area contributed by atoms with E-state index >= 15 is 0 Å². The molecule has 3 heteroatoms. The average Bonchev–Trinajstić information content (AvgIpc) is 2.58. The van der Waals surface area contributed by atoms with Crippen LogP contribution in [0, 0.1) is 11.3 Å². The Morgan fingerprint density at radius 1 is 1.36 bits per heavy atom. The molecule has 0 spiro atoms. The Hall–Kier alpha value is -1.04. The van der Waals surface area contributed by atoms with Crippen LogP contribution in [0.4, 0.5) is 0 Å². The lowest BCUT2D eigenvalue weighted by atomic mass is 10.1. The predicted molar refractivity (Wildman–Crippen MR) is 58.2 cm³/mol. The first kappa shape index (κ1) is 11.0. The number of nitrogens with zero attached hydrogens (tertiary/aromatic N) is 2. The van der Waals surface area contributed by atoms with Gasteiger partial charge in [-0.3, -0.25) is 4.90 Å². The summed E-state index contributed by atoms with van der Waals surface area (Å²) in [6.45, 7) is 5.28. The maximum atomic E-state index is 8.73. The van der Waals surface area contributed by atoms with Crippen LogP contribution >= 0.6 is 12.4 Å². The van der Waals surface area contributed by atoms with Crippen molar-refractivity contribution in [2.24, 2.45) is 0 Å². The van der Waals surface area contributed by atoms with Gasteiger partial charge in [0.2, 0.25) is 0 Å². The molecule has 0 bridgehead atoms. The van der Waals surface area contributed by atoms with Crippen LogP contribution < -0.4 is 0 Å². The molecule has 1 heterocycles. The summed E-state index contributed by atoms with van der Waals surface area (Å²) < 4.78 is 0. The Morgan fingerprint density at radius 3 is 2.71 bits per heavy atom. The summed E-state index contributed by atoms with van der Waals surface area (Å²) in [7, 11) is 0. The van der Waals surface area contributed by atoms with Crippen molar-refractivity contribution in [1.82, 2.24) is 4.90 Å². The number of rotatable bonds is 1. The van der Waals surface area contributed by atoms with Crippen molar-refractivity contribution in [3.05, 3.63) is 34.9 Å². The Bertz CT molecular complexity index is 368. The fourth-order valence-electron chi connectivity index (χ4n) is 1.76. The minimum Gasteiger partial charge on any atom is -0.295 e. The zero-order chi connectivity index (χ0) is 9.26. The second-order valence-electron chi connectivity index (χ2n) is 3.40. The van der Waals surface area contributed by atoms with E-state index in [1.165, 1.54) is 11.1 Å². The van der Waals surface area contributed by atoms with E-state index in [0.29, 0.717) is 0 Å². The fourth-order valence-corrected chi connectivity index (χ4v) is 1.76. The van der Waals surface area contributed by atoms with Crippen molar-refractivity contribution in [2.45, 2.75) is 20.0 Å². The molecule has 1 aromatic rings. The lowest BCUT2D eigenvalue weighted by molar-refractivity contribution is 0.301. The predicted octanol–water partition coefficient (Wildman–Crippen LogP) is 2.32. The van der Waals surface area contributed by atoms with Crippen LogP contribution in [0.15, 0.2) is 18.2 Å². The molecule has 0 aliphatic carbocycles. The fraction of sp³-hybridized carbons (Fsp3) is 0.364. The quantitative estimate of drug-likeness (QED) is 0.708. The lowest BCUT2D eigenvalue weighted by Crippen LogP contribution is -2.14. The van der Waals surface area contributed by atoms with Gasteiger partial charge in [0.15, 0.2) is 0 Å². The van der Waals surface area contributed by atoms with Gasteiger partial charge in [0.25, 0.3) is 0 Å². The summed E-state index contributed by atoms with van der Waals surface area (Å²) in [5.74, 6) is 0. The van der Waals surface area contributed by atoms with Gasteiger partial charge < -0.3 is 0 Å². The monoisotopic (exact) mass is 208 g/mol. The molecule has 0 saturated heterocycles. The lowest BCUT2D eigenvalue weighted by Gasteiger charge is -2.09. The molecule has 0 saturated carbocycles. The third-order valence-electron chi connectivity index (χ3n) is 2.57. The molecule has 0 unspecified atom stereocenters. The van der Waals surface area contributed by atoms with E-state index in [1.54, 1.807) is 0 Å². The number of fused-ring (bicyclic) bond motifs is 1. The van der Waals surface area contributed by atoms with E-state index in [1.807, 2.05) is 12.1 Å². The normalized spacial score (nSPS) is 14.3. The third kappa shape index (κ3) is 1.89. The Kier molecular flexibility index (Phi) is 3.51. The topological polar surface area (TPSA) is 27.0 Å². The number of nitriles is 1. The van der Waals surface area contributed by atoms with Gasteiger partial charge in [-0.25, -0.2) is 0 Å². The first-order valence-electron chi connectivity index (χ1n) is 4.57. The minimum atomic E-state index is 0. The van der Waals surface area contributed by atoms with Gasteiger partial charge in [0, 0.05) is 13.1 Å². The smallest absolute Gasteiger partial charge is 0.0991 e. The highest BCUT2D eigenvalue weighted by atomic mass is 35.5. The van der Waals surface area contributed by atoms with Gasteiger partial charge in [-0.2, -0.15) is 5.26 Å². The maximum absolute atomic E-state index is 8.73. The van der Waals surface area contributed by atoms with Gasteiger partial charge in [0.1, 0.15) is 0 Å². The molecule has 1 aromatic carbocycles. The molecule has 0 fully saturated rings. The van der Waals surface area contributed by atoms with Gasteiger partial charge in [0.05, 0.1) is 11.6 Å². The summed E-state index contributed by atoms with van der Waals surface area (Å²) in [6, 6.07) is 8.15. The van der Waals surface area contributed by atoms with Crippen molar-refractivity contribution in [3.63, 3.8) is 0 Å². The Labute approximate surface area is 90.6 Å². The first-order valence-corrected chi connectivity index (χ1v) is 4.57. The second-order valence-corrected chi connectivity index (χ2v) is 3.40. The van der Waals surface area contributed by atoms with Gasteiger partial charge in [-0.1, -0.05) is 13.0 Å². The summed E-state index contributed by atoms with van der Waals surface area (Å²) in [4.78, 5) is 2.37. The van der Waals surface area contributed by atoms with Crippen molar-refractivity contribution in [1.29, 1.82) is 5.26 Å². The van der Waals surface area contributed by atoms with E-state index < -0.39 is 0 Å². The Morgan fingerprint density at radius 2 is 2.07 bits per heavy atom. The van der Waals surface area contributed by atoms with Crippen LogP contribution in [-0.2, 0) is 13.1 Å². The highest BCUT2D eigenvalue weighted by Crippen LogP contribution is 2.22. The molecule has 74 valence electrons. The van der Waals surface area contributed by atoms with Crippen LogP contribution in [0.2, 0.25) is 0 Å². The zero-order valence-corrected chi connectivity index (χ0v) is 8.97. The molecule has 1 aliphatic heterocycles. The maximum Gasteiger partial charge on any atom is 0.0991 e. The standard InChI is InChI=1S/C11H12N2.ClH/c1-2-13-7-10-4-3-9(6-12)5-11(10)8-13;/h3-5H,2,7-8H2,1H3;1H. The van der Waals surface area contributed by atoms with Crippen LogP contribution in [0.1, 0.15) is 23.6 Å². The number of hydrogen-bond acceptors (Lipinski definition) is 2. The van der Waals surface area contributed by atoms with Crippen LogP contribution in [-0.4, -0.2) is 11.4 Å². The number of halogens is 1. The summed E-state index contributed by atoms with van der Waals surface area (Å²) in [6.07, 6.45) is 0. The molecule has 0 atom stereocenters. The molecule has 2 nitrogen and oxygen atoms in total. The molecule has 0 aromatic heterocycles. The van der Waals surface area contributed by atoms with E-state index in [-0.39, 0.29) is 12.4 Å². The first-order chi connectivity index (χ1) is 6.33. The van der Waals surface area contributed by atoms with Crippen molar-refractivity contribution in [2.75, 3.05) is 6.54 Å². The summed E-state index contributed by atoms with van der Waals surface area (Å²) >= 11 is 0. The highest BCUT2D eigenvalue weighted by molar-refractivity contribution is 5.85. The number of hydrogen-bond donors (Lipinski definition) is 0. The van der Waals surface area contributed by atoms with E-state index in [0.717, 1.165) is 25.2 Å². The molecule has 2 rings (SSSR count). The molecular weight excluding hydrogens is 196 g/mol. The second kappa shape index (κ2) is 4.45. The molecule has 0 radical (unpaired) electrons. The van der Waals surface area contributed by atoms with E-state index in [4.69, 9.17) is 5.26 Å². The Balaban J connectivity index is 0.000000980. The summed E-state index contributed by atoms with van der Waals surface area (Å²) in [5.41, 5.74) is 3.47. The van der Waals surface area contributed by atoms with Gasteiger partial charge in [-0.15, -0.1) is 12.4 Å². The van der Waals surface area contributed by atoms with Crippen LogP contribution in [0.3, 0.4) is 0 Å². The van der Waals surface area contributed by atoms with Crippen molar-refractivity contribution in [3.8, 4) is 6.07 Å². The molecule has 1 aliphatic rings. The van der Waals surface area contributed by atoms with E-state index in [2.05, 4.69) is 24.0 Å². The molecule has 0 N–H and O–H groups in total. The zero-order valence-electron chi connectivity index (χ0n) is 8.16. The third-order valence-corrected chi connectivity index (χ3v) is 2.57. The summed E-state index contributed by atoms with van der Waals surface area (Å²) in [5, 5.41) is 8.73. The average molecular weight is 209 g/mol. The van der Waals surface area contributed by atoms with Crippen LogP contribution in [0.25, 0.3) is 0 Å². The van der Waals surface area contributed by atoms with E-state index in [9.17, 15) is 0 Å². The minimum absolute atomic E-state index is 0. The van der Waals surface area contributed by atoms with Crippen molar-refractivity contribution >= 4 is 12.4 Å². The van der Waals surface area contributed by atoms with Gasteiger partial charge >= 0.3 is 0 Å². The highest BCUT2D eigenvalue weighted by Gasteiger charge is 2.16. The molecule has 14 heavy (non-hydrogen) atoms. The number of benzene rings is 1. The SMILES string of the molecule is CCN1Cc2ccc(C#N)cc2C1.Cl.